The van der Waals surface area contributed by atoms with Gasteiger partial charge >= 0.3 is 5.97 Å². The van der Waals surface area contributed by atoms with Gasteiger partial charge in [0.15, 0.2) is 23.1 Å². The minimum Gasteiger partial charge on any atom is -0.494 e. The maximum absolute atomic E-state index is 14.9. The van der Waals surface area contributed by atoms with Gasteiger partial charge in [-0.25, -0.2) is 4.39 Å². The monoisotopic (exact) mass is 585 g/mol. The molecule has 3 aliphatic rings. The van der Waals surface area contributed by atoms with E-state index in [9.17, 15) is 19.1 Å². The minimum absolute atomic E-state index is 0.0610. The number of carbonyl (C=O) groups is 2. The number of hydrogen-bond donors (Lipinski definition) is 1. The Bertz CT molecular complexity index is 1290. The summed E-state index contributed by atoms with van der Waals surface area (Å²) in [7, 11) is 2.93. The molecule has 3 atom stereocenters. The molecular formula is C31H40FN3O7. The Hall–Kier alpha value is -3.57. The zero-order chi connectivity index (χ0) is 29.8. The molecule has 0 aliphatic carbocycles. The maximum Gasteiger partial charge on any atom is 0.309 e. The Kier molecular flexibility index (Phi) is 9.37. The minimum atomic E-state index is -0.977. The lowest BCUT2D eigenvalue weighted by Gasteiger charge is -2.30. The van der Waals surface area contributed by atoms with Gasteiger partial charge in [0.1, 0.15) is 0 Å². The average molecular weight is 586 g/mol. The van der Waals surface area contributed by atoms with Crippen LogP contribution < -0.4 is 18.9 Å². The summed E-state index contributed by atoms with van der Waals surface area (Å²) in [4.78, 5) is 32.1. The van der Waals surface area contributed by atoms with Gasteiger partial charge in [-0.2, -0.15) is 0 Å². The fourth-order valence-electron chi connectivity index (χ4n) is 6.54. The Morgan fingerprint density at radius 2 is 1.81 bits per heavy atom. The summed E-state index contributed by atoms with van der Waals surface area (Å²) in [5.41, 5.74) is 1.31. The predicted molar refractivity (Wildman–Crippen MR) is 153 cm³/mol. The molecule has 0 bridgehead atoms. The third-order valence-electron chi connectivity index (χ3n) is 8.57. The van der Waals surface area contributed by atoms with E-state index in [1.165, 1.54) is 26.4 Å². The van der Waals surface area contributed by atoms with Gasteiger partial charge in [-0.3, -0.25) is 19.4 Å². The Balaban J connectivity index is 1.46. The van der Waals surface area contributed by atoms with Gasteiger partial charge in [0.25, 0.3) is 0 Å². The molecule has 2 aromatic rings. The highest BCUT2D eigenvalue weighted by Gasteiger charge is 2.48. The number of fused-ring (bicyclic) bond motifs is 1. The zero-order valence-electron chi connectivity index (χ0n) is 24.5. The molecule has 2 aromatic carbocycles. The van der Waals surface area contributed by atoms with Crippen LogP contribution in [-0.2, 0) is 9.59 Å². The van der Waals surface area contributed by atoms with Gasteiger partial charge < -0.3 is 29.0 Å². The van der Waals surface area contributed by atoms with E-state index in [0.717, 1.165) is 44.5 Å². The fraction of sp³-hybridized carbons (Fsp3) is 0.548. The molecule has 2 saturated heterocycles. The highest BCUT2D eigenvalue weighted by Crippen LogP contribution is 2.50. The average Bonchev–Trinajstić information content (AvgIpc) is 3.75. The number of benzene rings is 2. The number of likely N-dealkylation sites (tertiary alicyclic amines) is 2. The van der Waals surface area contributed by atoms with Crippen molar-refractivity contribution >= 4 is 11.9 Å². The number of methoxy groups -OCH3 is 2. The quantitative estimate of drug-likeness (QED) is 0.399. The van der Waals surface area contributed by atoms with E-state index < -0.39 is 29.7 Å². The van der Waals surface area contributed by atoms with Gasteiger partial charge in [0.05, 0.1) is 26.7 Å². The van der Waals surface area contributed by atoms with Crippen LogP contribution >= 0.6 is 0 Å². The normalized spacial score (nSPS) is 21.7. The van der Waals surface area contributed by atoms with Crippen molar-refractivity contribution in [3.8, 4) is 23.0 Å². The molecule has 10 nitrogen and oxygen atoms in total. The van der Waals surface area contributed by atoms with Gasteiger partial charge in [-0.05, 0) is 61.2 Å². The summed E-state index contributed by atoms with van der Waals surface area (Å²) in [6.45, 7) is 6.32. The number of aliphatic carboxylic acids is 1. The van der Waals surface area contributed by atoms with E-state index in [1.807, 2.05) is 11.0 Å². The van der Waals surface area contributed by atoms with Gasteiger partial charge in [-0.15, -0.1) is 0 Å². The third kappa shape index (κ3) is 6.12. The zero-order valence-corrected chi connectivity index (χ0v) is 24.5. The van der Waals surface area contributed by atoms with E-state index >= 15 is 0 Å². The van der Waals surface area contributed by atoms with Gasteiger partial charge in [0, 0.05) is 44.7 Å². The number of carboxylic acid groups (broad SMARTS) is 1. The SMILES string of the molecule is CCCN(CCN1CC(c2cc(OC)c3c(c2)OCO3)C(C(=O)O)C1c1ccc(OC)c(F)c1)CC(=O)N1CCCC1. The molecular weight excluding hydrogens is 545 g/mol. The van der Waals surface area contributed by atoms with E-state index in [0.29, 0.717) is 49.0 Å². The Morgan fingerprint density at radius 1 is 1.05 bits per heavy atom. The number of nitrogens with zero attached hydrogens (tertiary/aromatic N) is 3. The number of rotatable bonds is 12. The first-order valence-electron chi connectivity index (χ1n) is 14.6. The fourth-order valence-corrected chi connectivity index (χ4v) is 6.54. The number of carbonyl (C=O) groups excluding carboxylic acids is 1. The molecule has 1 amide bonds. The molecule has 2 fully saturated rings. The van der Waals surface area contributed by atoms with Crippen LogP contribution in [0.25, 0.3) is 0 Å². The number of halogens is 1. The van der Waals surface area contributed by atoms with Gasteiger partial charge in [-0.1, -0.05) is 13.0 Å². The number of carboxylic acids is 1. The summed E-state index contributed by atoms with van der Waals surface area (Å²) in [5.74, 6) is -1.13. The van der Waals surface area contributed by atoms with Crippen molar-refractivity contribution in [1.82, 2.24) is 14.7 Å². The Morgan fingerprint density at radius 3 is 2.48 bits per heavy atom. The maximum atomic E-state index is 14.9. The van der Waals surface area contributed by atoms with E-state index in [1.54, 1.807) is 12.1 Å². The van der Waals surface area contributed by atoms with E-state index in [-0.39, 0.29) is 18.4 Å². The third-order valence-corrected chi connectivity index (χ3v) is 8.57. The number of hydrogen-bond acceptors (Lipinski definition) is 8. The summed E-state index contributed by atoms with van der Waals surface area (Å²) in [6.07, 6.45) is 2.96. The molecule has 0 saturated carbocycles. The highest BCUT2D eigenvalue weighted by atomic mass is 19.1. The summed E-state index contributed by atoms with van der Waals surface area (Å²) in [6, 6.07) is 7.66. The van der Waals surface area contributed by atoms with Gasteiger partial charge in [0.2, 0.25) is 18.4 Å². The lowest BCUT2D eigenvalue weighted by atomic mass is 9.82. The first-order chi connectivity index (χ1) is 20.3. The van der Waals surface area contributed by atoms with Crippen molar-refractivity contribution in [2.75, 3.05) is 66.8 Å². The van der Waals surface area contributed by atoms with Crippen LogP contribution in [0.15, 0.2) is 30.3 Å². The number of ether oxygens (including phenoxy) is 4. The van der Waals surface area contributed by atoms with Crippen LogP contribution in [-0.4, -0.2) is 98.5 Å². The van der Waals surface area contributed by atoms with Crippen molar-refractivity contribution in [3.63, 3.8) is 0 Å². The van der Waals surface area contributed by atoms with Crippen LogP contribution in [0.1, 0.15) is 49.3 Å². The topological polar surface area (TPSA) is 101 Å². The second-order valence-corrected chi connectivity index (χ2v) is 11.1. The van der Waals surface area contributed by atoms with Crippen molar-refractivity contribution in [3.05, 3.63) is 47.3 Å². The van der Waals surface area contributed by atoms with Crippen LogP contribution in [0.3, 0.4) is 0 Å². The van der Waals surface area contributed by atoms with Crippen LogP contribution in [0.2, 0.25) is 0 Å². The smallest absolute Gasteiger partial charge is 0.309 e. The largest absolute Gasteiger partial charge is 0.494 e. The van der Waals surface area contributed by atoms with Crippen molar-refractivity contribution in [1.29, 1.82) is 0 Å². The molecule has 42 heavy (non-hydrogen) atoms. The van der Waals surface area contributed by atoms with Crippen molar-refractivity contribution in [2.24, 2.45) is 5.92 Å². The van der Waals surface area contributed by atoms with E-state index in [4.69, 9.17) is 18.9 Å². The van der Waals surface area contributed by atoms with Crippen LogP contribution in [0, 0.1) is 11.7 Å². The lowest BCUT2D eigenvalue weighted by Crippen LogP contribution is -2.43. The molecule has 0 aromatic heterocycles. The molecule has 1 N–H and O–H groups in total. The first kappa shape index (κ1) is 29.9. The van der Waals surface area contributed by atoms with E-state index in [2.05, 4.69) is 16.7 Å². The molecule has 3 aliphatic heterocycles. The second kappa shape index (κ2) is 13.2. The summed E-state index contributed by atoms with van der Waals surface area (Å²) >= 11 is 0. The summed E-state index contributed by atoms with van der Waals surface area (Å²) < 4.78 is 36.8. The molecule has 0 spiro atoms. The second-order valence-electron chi connectivity index (χ2n) is 11.1. The molecule has 0 radical (unpaired) electrons. The molecule has 5 rings (SSSR count). The molecule has 228 valence electrons. The summed E-state index contributed by atoms with van der Waals surface area (Å²) in [5, 5.41) is 10.6. The van der Waals surface area contributed by atoms with Crippen LogP contribution in [0.5, 0.6) is 23.0 Å². The van der Waals surface area contributed by atoms with Crippen LogP contribution in [0.4, 0.5) is 4.39 Å². The highest BCUT2D eigenvalue weighted by molar-refractivity contribution is 5.78. The van der Waals surface area contributed by atoms with Crippen molar-refractivity contribution < 1.29 is 38.0 Å². The standard InChI is InChI=1S/C31H40FN3O7/c1-4-9-33(18-27(36)34-10-5-6-11-34)12-13-35-17-22(21-15-25(40-3)30-26(16-21)41-19-42-30)28(31(37)38)29(35)20-7-8-24(39-2)23(32)14-20/h7-8,14-16,22,28-29H,4-6,9-13,17-19H2,1-3H3,(H,37,38). The lowest BCUT2D eigenvalue weighted by molar-refractivity contribution is -0.143. The Labute approximate surface area is 245 Å². The molecule has 3 heterocycles. The first-order valence-corrected chi connectivity index (χ1v) is 14.6. The molecule has 11 heteroatoms. The number of amides is 1. The predicted octanol–water partition coefficient (Wildman–Crippen LogP) is 3.75. The van der Waals surface area contributed by atoms with Crippen molar-refractivity contribution in [2.45, 2.75) is 38.1 Å². The molecule has 3 unspecified atom stereocenters.